The van der Waals surface area contributed by atoms with Crippen LogP contribution in [0.15, 0.2) is 30.3 Å². The highest BCUT2D eigenvalue weighted by Gasteiger charge is 2.42. The van der Waals surface area contributed by atoms with Gasteiger partial charge in [0.2, 0.25) is 0 Å². The number of morpholine rings is 1. The molecule has 140 valence electrons. The van der Waals surface area contributed by atoms with Gasteiger partial charge in [0.25, 0.3) is 5.91 Å². The number of fused-ring (bicyclic) bond motifs is 1. The Bertz CT molecular complexity index is 754. The summed E-state index contributed by atoms with van der Waals surface area (Å²) in [5.41, 5.74) is 1.18. The quantitative estimate of drug-likeness (QED) is 0.894. The van der Waals surface area contributed by atoms with Crippen LogP contribution in [-0.4, -0.2) is 78.3 Å². The van der Waals surface area contributed by atoms with Crippen LogP contribution in [0.25, 0.3) is 10.9 Å². The third-order valence-corrected chi connectivity index (χ3v) is 5.41. The van der Waals surface area contributed by atoms with E-state index in [0.717, 1.165) is 24.0 Å². The van der Waals surface area contributed by atoms with Crippen LogP contribution in [0.5, 0.6) is 0 Å². The molecule has 0 bridgehead atoms. The standard InChI is InChI=1S/C20H27N3O3/c1-15(2)22-7-9-25-14-20(12-22)13-23(8-10-26-20)19(24)18-11-16-5-3-4-6-17(16)21-18/h3-6,11,15,21H,7-10,12-14H2,1-2H3. The number of aromatic amines is 1. The molecule has 2 aromatic rings. The van der Waals surface area contributed by atoms with Gasteiger partial charge in [-0.2, -0.15) is 0 Å². The lowest BCUT2D eigenvalue weighted by molar-refractivity contribution is -0.134. The smallest absolute Gasteiger partial charge is 0.270 e. The zero-order chi connectivity index (χ0) is 18.1. The normalized spacial score (nSPS) is 25.1. The molecular weight excluding hydrogens is 330 g/mol. The van der Waals surface area contributed by atoms with Gasteiger partial charge in [-0.3, -0.25) is 9.69 Å². The van der Waals surface area contributed by atoms with Gasteiger partial charge in [-0.05, 0) is 26.0 Å². The number of nitrogens with zero attached hydrogens (tertiary/aromatic N) is 2. The molecule has 1 aromatic carbocycles. The molecule has 1 aromatic heterocycles. The lowest BCUT2D eigenvalue weighted by Gasteiger charge is -2.44. The molecule has 4 rings (SSSR count). The highest BCUT2D eigenvalue weighted by Crippen LogP contribution is 2.25. The topological polar surface area (TPSA) is 57.8 Å². The van der Waals surface area contributed by atoms with Gasteiger partial charge < -0.3 is 19.4 Å². The second-order valence-electron chi connectivity index (χ2n) is 7.65. The van der Waals surface area contributed by atoms with E-state index in [1.165, 1.54) is 0 Å². The van der Waals surface area contributed by atoms with E-state index in [9.17, 15) is 4.79 Å². The van der Waals surface area contributed by atoms with Gasteiger partial charge in [-0.15, -0.1) is 0 Å². The monoisotopic (exact) mass is 357 g/mol. The zero-order valence-corrected chi connectivity index (χ0v) is 15.5. The highest BCUT2D eigenvalue weighted by atomic mass is 16.5. The minimum atomic E-state index is -0.444. The molecule has 0 saturated carbocycles. The molecule has 1 amide bonds. The van der Waals surface area contributed by atoms with Crippen molar-refractivity contribution in [2.45, 2.75) is 25.5 Å². The fourth-order valence-corrected chi connectivity index (χ4v) is 3.94. The number of carbonyl (C=O) groups is 1. The number of amides is 1. The molecule has 26 heavy (non-hydrogen) atoms. The lowest BCUT2D eigenvalue weighted by atomic mass is 10.0. The van der Waals surface area contributed by atoms with E-state index < -0.39 is 5.60 Å². The molecule has 0 aliphatic carbocycles. The summed E-state index contributed by atoms with van der Waals surface area (Å²) in [6.45, 7) is 9.03. The Balaban J connectivity index is 1.54. The number of ether oxygens (including phenoxy) is 2. The Morgan fingerprint density at radius 2 is 2.04 bits per heavy atom. The van der Waals surface area contributed by atoms with E-state index in [0.29, 0.717) is 44.6 Å². The zero-order valence-electron chi connectivity index (χ0n) is 15.5. The van der Waals surface area contributed by atoms with Crippen molar-refractivity contribution in [1.29, 1.82) is 0 Å². The Morgan fingerprint density at radius 1 is 1.19 bits per heavy atom. The van der Waals surface area contributed by atoms with E-state index >= 15 is 0 Å². The molecule has 1 N–H and O–H groups in total. The number of hydrogen-bond donors (Lipinski definition) is 1. The number of hydrogen-bond acceptors (Lipinski definition) is 4. The van der Waals surface area contributed by atoms with E-state index in [2.05, 4.69) is 23.7 Å². The number of para-hydroxylation sites is 1. The summed E-state index contributed by atoms with van der Waals surface area (Å²) in [5, 5.41) is 1.06. The fourth-order valence-electron chi connectivity index (χ4n) is 3.94. The summed E-state index contributed by atoms with van der Waals surface area (Å²) in [7, 11) is 0. The van der Waals surface area contributed by atoms with E-state index in [1.54, 1.807) is 0 Å². The summed E-state index contributed by atoms with van der Waals surface area (Å²) in [6, 6.07) is 10.3. The number of rotatable bonds is 2. The van der Waals surface area contributed by atoms with Gasteiger partial charge in [-0.1, -0.05) is 18.2 Å². The molecule has 1 spiro atoms. The van der Waals surface area contributed by atoms with Crippen molar-refractivity contribution >= 4 is 16.8 Å². The first-order valence-corrected chi connectivity index (χ1v) is 9.39. The van der Waals surface area contributed by atoms with Crippen molar-refractivity contribution in [2.24, 2.45) is 0 Å². The molecule has 1 unspecified atom stereocenters. The van der Waals surface area contributed by atoms with Crippen molar-refractivity contribution in [3.05, 3.63) is 36.0 Å². The largest absolute Gasteiger partial charge is 0.377 e. The average Bonchev–Trinajstić information content (AvgIpc) is 2.97. The van der Waals surface area contributed by atoms with Gasteiger partial charge in [0.05, 0.1) is 26.4 Å². The highest BCUT2D eigenvalue weighted by molar-refractivity contribution is 5.98. The molecule has 2 aliphatic heterocycles. The molecular formula is C20H27N3O3. The van der Waals surface area contributed by atoms with Gasteiger partial charge >= 0.3 is 0 Å². The molecule has 0 radical (unpaired) electrons. The Morgan fingerprint density at radius 3 is 2.85 bits per heavy atom. The van der Waals surface area contributed by atoms with Crippen LogP contribution in [0.4, 0.5) is 0 Å². The van der Waals surface area contributed by atoms with E-state index in [1.807, 2.05) is 35.2 Å². The van der Waals surface area contributed by atoms with Crippen LogP contribution in [0.1, 0.15) is 24.3 Å². The minimum absolute atomic E-state index is 0.0317. The SMILES string of the molecule is CC(C)N1CCOCC2(CN(C(=O)c3cc4ccccc4[nH]3)CCO2)C1. The molecule has 2 fully saturated rings. The fraction of sp³-hybridized carbons (Fsp3) is 0.550. The molecule has 6 heteroatoms. The number of carbonyl (C=O) groups excluding carboxylic acids is 1. The number of benzene rings is 1. The van der Waals surface area contributed by atoms with Gasteiger partial charge in [-0.25, -0.2) is 0 Å². The maximum Gasteiger partial charge on any atom is 0.270 e. The predicted molar refractivity (Wildman–Crippen MR) is 100 cm³/mol. The van der Waals surface area contributed by atoms with Crippen molar-refractivity contribution < 1.29 is 14.3 Å². The summed E-state index contributed by atoms with van der Waals surface area (Å²) in [6.07, 6.45) is 0. The molecule has 3 heterocycles. The van der Waals surface area contributed by atoms with Crippen LogP contribution >= 0.6 is 0 Å². The maximum absolute atomic E-state index is 13.1. The maximum atomic E-state index is 13.1. The average molecular weight is 357 g/mol. The van der Waals surface area contributed by atoms with Crippen molar-refractivity contribution in [2.75, 3.05) is 46.0 Å². The third kappa shape index (κ3) is 3.37. The van der Waals surface area contributed by atoms with Crippen molar-refractivity contribution in [1.82, 2.24) is 14.8 Å². The molecule has 1 atom stereocenters. The Labute approximate surface area is 154 Å². The van der Waals surface area contributed by atoms with Crippen LogP contribution in [0.3, 0.4) is 0 Å². The van der Waals surface area contributed by atoms with Crippen LogP contribution < -0.4 is 0 Å². The van der Waals surface area contributed by atoms with Crippen LogP contribution in [0.2, 0.25) is 0 Å². The number of aromatic nitrogens is 1. The lowest BCUT2D eigenvalue weighted by Crippen LogP contribution is -2.60. The first-order chi connectivity index (χ1) is 12.6. The van der Waals surface area contributed by atoms with E-state index in [-0.39, 0.29) is 5.91 Å². The second-order valence-corrected chi connectivity index (χ2v) is 7.65. The third-order valence-electron chi connectivity index (χ3n) is 5.41. The first kappa shape index (κ1) is 17.5. The van der Waals surface area contributed by atoms with Crippen LogP contribution in [0, 0.1) is 0 Å². The van der Waals surface area contributed by atoms with E-state index in [4.69, 9.17) is 9.47 Å². The first-order valence-electron chi connectivity index (χ1n) is 9.39. The van der Waals surface area contributed by atoms with Gasteiger partial charge in [0.15, 0.2) is 0 Å². The molecule has 2 aliphatic rings. The number of H-pyrrole nitrogens is 1. The summed E-state index contributed by atoms with van der Waals surface area (Å²) in [4.78, 5) is 20.6. The van der Waals surface area contributed by atoms with Gasteiger partial charge in [0.1, 0.15) is 11.3 Å². The summed E-state index contributed by atoms with van der Waals surface area (Å²) < 4.78 is 12.0. The Kier molecular flexibility index (Phi) is 4.73. The molecule has 2 saturated heterocycles. The van der Waals surface area contributed by atoms with Crippen molar-refractivity contribution in [3.63, 3.8) is 0 Å². The predicted octanol–water partition coefficient (Wildman–Crippen LogP) is 2.12. The minimum Gasteiger partial charge on any atom is -0.377 e. The summed E-state index contributed by atoms with van der Waals surface area (Å²) >= 11 is 0. The number of nitrogens with one attached hydrogen (secondary N) is 1. The Hall–Kier alpha value is -1.89. The second kappa shape index (κ2) is 7.02. The molecule has 6 nitrogen and oxygen atoms in total. The van der Waals surface area contributed by atoms with Gasteiger partial charge in [0, 0.05) is 36.6 Å². The summed E-state index contributed by atoms with van der Waals surface area (Å²) in [5.74, 6) is 0.0317. The van der Waals surface area contributed by atoms with Crippen LogP contribution in [-0.2, 0) is 9.47 Å². The van der Waals surface area contributed by atoms with Crippen molar-refractivity contribution in [3.8, 4) is 0 Å².